The molecule has 4 heteroatoms. The molecule has 4 nitrogen and oxygen atoms in total. The lowest BCUT2D eigenvalue weighted by atomic mass is 10.0. The number of fused-ring (bicyclic) bond motifs is 1. The number of hydrogen-bond acceptors (Lipinski definition) is 3. The molecule has 2 rings (SSSR count). The number of amides is 2. The molecule has 0 aromatic heterocycles. The number of imide groups is 1. The lowest BCUT2D eigenvalue weighted by Gasteiger charge is -2.12. The van der Waals surface area contributed by atoms with Gasteiger partial charge < -0.3 is 0 Å². The molecule has 0 fully saturated rings. The third kappa shape index (κ3) is 8.08. The van der Waals surface area contributed by atoms with Crippen LogP contribution in [0.4, 0.5) is 0 Å². The number of hydrogen-bond donors (Lipinski definition) is 0. The van der Waals surface area contributed by atoms with E-state index in [2.05, 4.69) is 45.9 Å². The predicted octanol–water partition coefficient (Wildman–Crippen LogP) is 7.36. The van der Waals surface area contributed by atoms with E-state index in [-0.39, 0.29) is 6.61 Å². The van der Waals surface area contributed by atoms with Crippen LogP contribution < -0.4 is 0 Å². The van der Waals surface area contributed by atoms with E-state index in [9.17, 15) is 9.59 Å². The molecular formula is C28H37NO3. The van der Waals surface area contributed by atoms with Gasteiger partial charge in [-0.25, -0.2) is 0 Å². The van der Waals surface area contributed by atoms with Crippen LogP contribution >= 0.6 is 0 Å². The number of benzene rings is 1. The summed E-state index contributed by atoms with van der Waals surface area (Å²) in [4.78, 5) is 30.0. The summed E-state index contributed by atoms with van der Waals surface area (Å²) in [6.45, 7) is 11.0. The molecule has 1 heterocycles. The van der Waals surface area contributed by atoms with E-state index in [0.717, 1.165) is 43.6 Å². The molecule has 1 aromatic rings. The minimum atomic E-state index is -0.392. The van der Waals surface area contributed by atoms with Crippen LogP contribution in [0.15, 0.2) is 70.9 Å². The van der Waals surface area contributed by atoms with Crippen molar-refractivity contribution in [1.82, 2.24) is 5.06 Å². The first-order valence-corrected chi connectivity index (χ1v) is 11.5. The normalized spacial score (nSPS) is 14.8. The van der Waals surface area contributed by atoms with Gasteiger partial charge in [0.15, 0.2) is 0 Å². The van der Waals surface area contributed by atoms with Crippen molar-refractivity contribution in [3.8, 4) is 0 Å². The summed E-state index contributed by atoms with van der Waals surface area (Å²) in [5, 5.41) is 0.869. The van der Waals surface area contributed by atoms with Crippen LogP contribution in [0.25, 0.3) is 0 Å². The van der Waals surface area contributed by atoms with Crippen molar-refractivity contribution in [2.24, 2.45) is 0 Å². The van der Waals surface area contributed by atoms with Gasteiger partial charge in [-0.3, -0.25) is 14.4 Å². The molecule has 0 atom stereocenters. The van der Waals surface area contributed by atoms with Gasteiger partial charge in [-0.05, 0) is 85.3 Å². The van der Waals surface area contributed by atoms with Crippen molar-refractivity contribution in [2.45, 2.75) is 73.1 Å². The maximum absolute atomic E-state index is 12.3. The van der Waals surface area contributed by atoms with Gasteiger partial charge in [0.1, 0.15) is 0 Å². The molecular weight excluding hydrogens is 398 g/mol. The number of nitrogens with zero attached hydrogens (tertiary/aromatic N) is 1. The Balaban J connectivity index is 1.68. The Morgan fingerprint density at radius 2 is 1.16 bits per heavy atom. The number of carbonyl (C=O) groups excluding carboxylic acids is 2. The molecule has 172 valence electrons. The van der Waals surface area contributed by atoms with E-state index in [1.807, 2.05) is 13.0 Å². The van der Waals surface area contributed by atoms with Crippen LogP contribution in [0.5, 0.6) is 0 Å². The van der Waals surface area contributed by atoms with Crippen molar-refractivity contribution in [1.29, 1.82) is 0 Å². The molecule has 0 spiro atoms. The van der Waals surface area contributed by atoms with E-state index in [0.29, 0.717) is 11.1 Å². The monoisotopic (exact) mass is 435 g/mol. The summed E-state index contributed by atoms with van der Waals surface area (Å²) < 4.78 is 0. The molecule has 0 radical (unpaired) electrons. The fourth-order valence-electron chi connectivity index (χ4n) is 3.53. The van der Waals surface area contributed by atoms with Crippen LogP contribution in [0.2, 0.25) is 0 Å². The van der Waals surface area contributed by atoms with Gasteiger partial charge in [0, 0.05) is 0 Å². The maximum atomic E-state index is 12.3. The Bertz CT molecular complexity index is 895. The van der Waals surface area contributed by atoms with Gasteiger partial charge in [-0.1, -0.05) is 58.7 Å². The van der Waals surface area contributed by atoms with Crippen LogP contribution in [0.3, 0.4) is 0 Å². The third-order valence-electron chi connectivity index (χ3n) is 5.55. The van der Waals surface area contributed by atoms with Crippen molar-refractivity contribution in [2.75, 3.05) is 6.61 Å². The zero-order valence-electron chi connectivity index (χ0n) is 20.2. The number of allylic oxidation sites excluding steroid dienone is 7. The van der Waals surface area contributed by atoms with Crippen LogP contribution in [-0.4, -0.2) is 23.5 Å². The van der Waals surface area contributed by atoms with Gasteiger partial charge in [0.2, 0.25) is 0 Å². The molecule has 1 aliphatic heterocycles. The van der Waals surface area contributed by atoms with E-state index in [1.165, 1.54) is 22.3 Å². The predicted molar refractivity (Wildman–Crippen MR) is 131 cm³/mol. The fraction of sp³-hybridized carbons (Fsp3) is 0.429. The van der Waals surface area contributed by atoms with Crippen molar-refractivity contribution < 1.29 is 14.4 Å². The SMILES string of the molecule is CC(C)=CCCC(C)=CCCC(C)=CCCC(C)=CCON1C(=O)c2ccccc2C1=O. The van der Waals surface area contributed by atoms with E-state index in [4.69, 9.17) is 4.84 Å². The lowest BCUT2D eigenvalue weighted by Crippen LogP contribution is -2.30. The standard InChI is InChI=1S/C28H37NO3/c1-21(2)11-8-12-22(3)13-9-14-23(4)15-10-16-24(5)19-20-32-29-27(30)25-17-6-7-18-26(25)28(29)31/h6-7,11,13,15,17-19H,8-10,12,14,16,20H2,1-5H3. The van der Waals surface area contributed by atoms with Gasteiger partial charge in [-0.2, -0.15) is 0 Å². The van der Waals surface area contributed by atoms with Crippen molar-refractivity contribution in [3.05, 3.63) is 82.0 Å². The first-order valence-electron chi connectivity index (χ1n) is 11.5. The topological polar surface area (TPSA) is 46.6 Å². The molecule has 0 unspecified atom stereocenters. The average molecular weight is 436 g/mol. The second-order valence-electron chi connectivity index (χ2n) is 8.79. The Morgan fingerprint density at radius 3 is 1.62 bits per heavy atom. The van der Waals surface area contributed by atoms with Crippen LogP contribution in [0, 0.1) is 0 Å². The largest absolute Gasteiger partial charge is 0.285 e. The molecule has 2 amide bonds. The quantitative estimate of drug-likeness (QED) is 0.254. The fourth-order valence-corrected chi connectivity index (χ4v) is 3.53. The number of rotatable bonds is 12. The van der Waals surface area contributed by atoms with Crippen molar-refractivity contribution in [3.63, 3.8) is 0 Å². The van der Waals surface area contributed by atoms with Crippen LogP contribution in [0.1, 0.15) is 93.9 Å². The average Bonchev–Trinajstić information content (AvgIpc) is 2.98. The highest BCUT2D eigenvalue weighted by molar-refractivity contribution is 6.20. The highest BCUT2D eigenvalue weighted by Crippen LogP contribution is 2.22. The summed E-state index contributed by atoms with van der Waals surface area (Å²) in [7, 11) is 0. The van der Waals surface area contributed by atoms with Gasteiger partial charge in [-0.15, -0.1) is 5.06 Å². The Hall–Kier alpha value is -2.72. The Kier molecular flexibility index (Phi) is 10.4. The van der Waals surface area contributed by atoms with E-state index < -0.39 is 11.8 Å². The number of carbonyl (C=O) groups is 2. The molecule has 0 saturated carbocycles. The highest BCUT2D eigenvalue weighted by atomic mass is 16.7. The molecule has 0 bridgehead atoms. The van der Waals surface area contributed by atoms with E-state index in [1.54, 1.807) is 24.3 Å². The molecule has 1 aromatic carbocycles. The first-order chi connectivity index (χ1) is 15.3. The zero-order chi connectivity index (χ0) is 23.5. The number of hydroxylamine groups is 2. The summed E-state index contributed by atoms with van der Waals surface area (Å²) in [6, 6.07) is 6.79. The zero-order valence-corrected chi connectivity index (χ0v) is 20.2. The molecule has 1 aliphatic rings. The van der Waals surface area contributed by atoms with Crippen LogP contribution in [-0.2, 0) is 4.84 Å². The summed E-state index contributed by atoms with van der Waals surface area (Å²) in [5.41, 5.74) is 6.24. The molecule has 0 saturated heterocycles. The molecule has 0 aliphatic carbocycles. The minimum Gasteiger partial charge on any atom is -0.266 e. The Labute approximate surface area is 193 Å². The van der Waals surface area contributed by atoms with Crippen molar-refractivity contribution >= 4 is 11.8 Å². The summed E-state index contributed by atoms with van der Waals surface area (Å²) >= 11 is 0. The summed E-state index contributed by atoms with van der Waals surface area (Å²) in [5.74, 6) is -0.784. The second-order valence-corrected chi connectivity index (χ2v) is 8.79. The van der Waals surface area contributed by atoms with Gasteiger partial charge >= 0.3 is 0 Å². The second kappa shape index (κ2) is 13.0. The highest BCUT2D eigenvalue weighted by Gasteiger charge is 2.36. The maximum Gasteiger partial charge on any atom is 0.285 e. The Morgan fingerprint density at radius 1 is 0.719 bits per heavy atom. The van der Waals surface area contributed by atoms with E-state index >= 15 is 0 Å². The third-order valence-corrected chi connectivity index (χ3v) is 5.55. The smallest absolute Gasteiger partial charge is 0.266 e. The van der Waals surface area contributed by atoms with Gasteiger partial charge in [0.05, 0.1) is 17.7 Å². The lowest BCUT2D eigenvalue weighted by molar-refractivity contribution is -0.0803. The first kappa shape index (κ1) is 25.5. The van der Waals surface area contributed by atoms with Gasteiger partial charge in [0.25, 0.3) is 11.8 Å². The minimum absolute atomic E-state index is 0.205. The molecule has 0 N–H and O–H groups in total. The summed E-state index contributed by atoms with van der Waals surface area (Å²) in [6.07, 6.45) is 15.2. The molecule has 32 heavy (non-hydrogen) atoms.